The fourth-order valence-electron chi connectivity index (χ4n) is 3.03. The van der Waals surface area contributed by atoms with E-state index < -0.39 is 0 Å². The zero-order valence-electron chi connectivity index (χ0n) is 13.4. The van der Waals surface area contributed by atoms with Crippen LogP contribution >= 0.6 is 11.3 Å². The Labute approximate surface area is 144 Å². The molecule has 4 nitrogen and oxygen atoms in total. The highest BCUT2D eigenvalue weighted by molar-refractivity contribution is 7.17. The van der Waals surface area contributed by atoms with Gasteiger partial charge < -0.3 is 10.6 Å². The molecule has 6 heteroatoms. The number of carbonyl (C=O) groups is 2. The Kier molecular flexibility index (Phi) is 4.66. The quantitative estimate of drug-likeness (QED) is 0.927. The maximum absolute atomic E-state index is 13.1. The summed E-state index contributed by atoms with van der Waals surface area (Å²) in [6, 6.07) is 8.12. The second kappa shape index (κ2) is 6.73. The Morgan fingerprint density at radius 2 is 2.00 bits per heavy atom. The zero-order valence-corrected chi connectivity index (χ0v) is 14.2. The first-order valence-electron chi connectivity index (χ1n) is 7.90. The van der Waals surface area contributed by atoms with E-state index in [1.54, 1.807) is 17.0 Å². The minimum atomic E-state index is -0.345. The van der Waals surface area contributed by atoms with Crippen LogP contribution in [0.1, 0.15) is 28.1 Å². The third-order valence-corrected chi connectivity index (χ3v) is 5.62. The number of piperidine rings is 1. The van der Waals surface area contributed by atoms with E-state index in [9.17, 15) is 14.0 Å². The van der Waals surface area contributed by atoms with Gasteiger partial charge in [0.25, 0.3) is 5.91 Å². The predicted octanol–water partition coefficient (Wildman–Crippen LogP) is 3.20. The summed E-state index contributed by atoms with van der Waals surface area (Å²) < 4.78 is 13.1. The Hall–Kier alpha value is -2.21. The molecule has 3 rings (SSSR count). The lowest BCUT2D eigenvalue weighted by Crippen LogP contribution is -2.43. The molecule has 0 saturated carbocycles. The topological polar surface area (TPSA) is 63.4 Å². The first-order valence-corrected chi connectivity index (χ1v) is 8.72. The summed E-state index contributed by atoms with van der Waals surface area (Å²) in [6.07, 6.45) is 1.53. The van der Waals surface area contributed by atoms with Crippen molar-refractivity contribution in [1.29, 1.82) is 0 Å². The summed E-state index contributed by atoms with van der Waals surface area (Å²) in [5, 5.41) is 0. The van der Waals surface area contributed by atoms with Crippen LogP contribution in [0.4, 0.5) is 4.39 Å². The normalized spacial score (nSPS) is 17.8. The minimum absolute atomic E-state index is 0.0672. The van der Waals surface area contributed by atoms with Gasteiger partial charge in [-0.15, -0.1) is 11.3 Å². The number of rotatable bonds is 3. The fourth-order valence-corrected chi connectivity index (χ4v) is 4.17. The maximum atomic E-state index is 13.1. The number of aryl methyl sites for hydroxylation is 1. The van der Waals surface area contributed by atoms with Crippen LogP contribution in [0.3, 0.4) is 0 Å². The Morgan fingerprint density at radius 1 is 1.29 bits per heavy atom. The highest BCUT2D eigenvalue weighted by Gasteiger charge is 2.28. The molecule has 1 aliphatic rings. The van der Waals surface area contributed by atoms with Crippen molar-refractivity contribution in [2.24, 2.45) is 11.7 Å². The van der Waals surface area contributed by atoms with E-state index in [-0.39, 0.29) is 23.5 Å². The van der Waals surface area contributed by atoms with Crippen LogP contribution < -0.4 is 5.73 Å². The molecule has 0 radical (unpaired) electrons. The SMILES string of the molecule is Cc1cc(C(=O)N2CCC[C@H](C(N)=O)C2)sc1-c1ccc(F)cc1. The van der Waals surface area contributed by atoms with Gasteiger partial charge in [0.05, 0.1) is 10.8 Å². The van der Waals surface area contributed by atoms with Crippen molar-refractivity contribution < 1.29 is 14.0 Å². The first kappa shape index (κ1) is 16.6. The summed E-state index contributed by atoms with van der Waals surface area (Å²) in [7, 11) is 0. The average molecular weight is 346 g/mol. The Morgan fingerprint density at radius 3 is 2.67 bits per heavy atom. The molecule has 1 aromatic carbocycles. The lowest BCUT2D eigenvalue weighted by molar-refractivity contribution is -0.123. The monoisotopic (exact) mass is 346 g/mol. The number of hydrogen-bond donors (Lipinski definition) is 1. The first-order chi connectivity index (χ1) is 11.5. The second-order valence-corrected chi connectivity index (χ2v) is 7.17. The van der Waals surface area contributed by atoms with E-state index >= 15 is 0 Å². The van der Waals surface area contributed by atoms with Gasteiger partial charge in [0.15, 0.2) is 0 Å². The van der Waals surface area contributed by atoms with E-state index in [1.165, 1.54) is 23.5 Å². The summed E-state index contributed by atoms with van der Waals surface area (Å²) in [6.45, 7) is 2.97. The van der Waals surface area contributed by atoms with E-state index in [1.807, 2.05) is 13.0 Å². The van der Waals surface area contributed by atoms with Gasteiger partial charge in [-0.25, -0.2) is 4.39 Å². The van der Waals surface area contributed by atoms with Gasteiger partial charge in [-0.3, -0.25) is 9.59 Å². The van der Waals surface area contributed by atoms with E-state index in [0.717, 1.165) is 28.8 Å². The number of amides is 2. The standard InChI is InChI=1S/C18H19FN2O2S/c1-11-9-15(24-16(11)12-4-6-14(19)7-5-12)18(23)21-8-2-3-13(10-21)17(20)22/h4-7,9,13H,2-3,8,10H2,1H3,(H2,20,22)/t13-/m0/s1. The number of hydrogen-bond acceptors (Lipinski definition) is 3. The van der Waals surface area contributed by atoms with Crippen LogP contribution in [0.15, 0.2) is 30.3 Å². The molecule has 2 heterocycles. The molecule has 1 saturated heterocycles. The number of nitrogens with two attached hydrogens (primary N) is 1. The average Bonchev–Trinajstić information content (AvgIpc) is 2.97. The number of primary amides is 1. The van der Waals surface area contributed by atoms with Crippen molar-refractivity contribution >= 4 is 23.2 Å². The smallest absolute Gasteiger partial charge is 0.263 e. The summed E-state index contributed by atoms with van der Waals surface area (Å²) >= 11 is 1.40. The van der Waals surface area contributed by atoms with Crippen molar-refractivity contribution in [2.75, 3.05) is 13.1 Å². The molecule has 2 aromatic rings. The summed E-state index contributed by atoms with van der Waals surface area (Å²) in [5.74, 6) is -0.959. The predicted molar refractivity (Wildman–Crippen MR) is 92.3 cm³/mol. The van der Waals surface area contributed by atoms with E-state index in [2.05, 4.69) is 0 Å². The Bertz CT molecular complexity index is 770. The Balaban J connectivity index is 1.82. The lowest BCUT2D eigenvalue weighted by Gasteiger charge is -2.30. The van der Waals surface area contributed by atoms with Gasteiger partial charge in [-0.1, -0.05) is 12.1 Å². The molecule has 1 fully saturated rings. The highest BCUT2D eigenvalue weighted by atomic mass is 32.1. The number of benzene rings is 1. The molecular formula is C18H19FN2O2S. The fraction of sp³-hybridized carbons (Fsp3) is 0.333. The van der Waals surface area contributed by atoms with Crippen molar-refractivity contribution in [3.8, 4) is 10.4 Å². The van der Waals surface area contributed by atoms with Gasteiger partial charge in [-0.2, -0.15) is 0 Å². The van der Waals surface area contributed by atoms with Crippen LogP contribution in [0.25, 0.3) is 10.4 Å². The molecule has 1 aromatic heterocycles. The van der Waals surface area contributed by atoms with Crippen LogP contribution in [0, 0.1) is 18.7 Å². The van der Waals surface area contributed by atoms with Gasteiger partial charge in [-0.05, 0) is 49.1 Å². The van der Waals surface area contributed by atoms with Crippen molar-refractivity contribution in [3.63, 3.8) is 0 Å². The molecule has 24 heavy (non-hydrogen) atoms. The highest BCUT2D eigenvalue weighted by Crippen LogP contribution is 2.33. The summed E-state index contributed by atoms with van der Waals surface area (Å²) in [4.78, 5) is 27.4. The van der Waals surface area contributed by atoms with Gasteiger partial charge >= 0.3 is 0 Å². The second-order valence-electron chi connectivity index (χ2n) is 6.12. The third-order valence-electron chi connectivity index (χ3n) is 4.35. The van der Waals surface area contributed by atoms with Crippen molar-refractivity contribution in [3.05, 3.63) is 46.6 Å². The molecule has 0 unspecified atom stereocenters. The van der Waals surface area contributed by atoms with Crippen LogP contribution in [-0.4, -0.2) is 29.8 Å². The van der Waals surface area contributed by atoms with Crippen LogP contribution in [-0.2, 0) is 4.79 Å². The van der Waals surface area contributed by atoms with Gasteiger partial charge in [0.2, 0.25) is 5.91 Å². The molecular weight excluding hydrogens is 327 g/mol. The third kappa shape index (κ3) is 3.33. The molecule has 2 amide bonds. The maximum Gasteiger partial charge on any atom is 0.263 e. The molecule has 2 N–H and O–H groups in total. The zero-order chi connectivity index (χ0) is 17.3. The summed E-state index contributed by atoms with van der Waals surface area (Å²) in [5.41, 5.74) is 7.26. The number of nitrogens with zero attached hydrogens (tertiary/aromatic N) is 1. The molecule has 1 aliphatic heterocycles. The molecule has 0 aliphatic carbocycles. The number of likely N-dealkylation sites (tertiary alicyclic amines) is 1. The molecule has 0 bridgehead atoms. The largest absolute Gasteiger partial charge is 0.369 e. The molecule has 0 spiro atoms. The van der Waals surface area contributed by atoms with Gasteiger partial charge in [0, 0.05) is 18.0 Å². The van der Waals surface area contributed by atoms with Crippen molar-refractivity contribution in [1.82, 2.24) is 4.90 Å². The van der Waals surface area contributed by atoms with Gasteiger partial charge in [0.1, 0.15) is 5.82 Å². The lowest BCUT2D eigenvalue weighted by atomic mass is 9.97. The van der Waals surface area contributed by atoms with E-state index in [0.29, 0.717) is 18.0 Å². The van der Waals surface area contributed by atoms with Crippen molar-refractivity contribution in [2.45, 2.75) is 19.8 Å². The number of thiophene rings is 1. The molecule has 1 atom stereocenters. The van der Waals surface area contributed by atoms with E-state index in [4.69, 9.17) is 5.73 Å². The van der Waals surface area contributed by atoms with Crippen LogP contribution in [0.2, 0.25) is 0 Å². The number of carbonyl (C=O) groups excluding carboxylic acids is 2. The number of halogens is 1. The molecule has 126 valence electrons. The minimum Gasteiger partial charge on any atom is -0.369 e. The van der Waals surface area contributed by atoms with Crippen LogP contribution in [0.5, 0.6) is 0 Å².